The standard InChI is InChI=1S/C67H104BN3/c1-62(2,3)46-23-30-50(31-24-46)69(51-32-25-47(26-33-51)63(4,5)6)53-42-58-60-59(43-53)71-61-54(67(66(71,13)14)37-19-16-20-38-67)39-45(44-21-17-15-18-22-44)40-56(61)68(60)55-41-49(65(10,11)12)29-36-57(55)70(58)52-34-27-48(28-35-52)64(7,8)9/h27-30,32,34-35,41,44-47,53-54,56-61H,15-26,31,33,36-40,42-43H2,1-14H3. The number of allylic oxidation sites excluding steroid dienone is 6. The third-order valence-electron chi connectivity index (χ3n) is 23.5. The van der Waals surface area contributed by atoms with Crippen LogP contribution in [-0.4, -0.2) is 52.3 Å². The second kappa shape index (κ2) is 18.2. The predicted molar refractivity (Wildman–Crippen MR) is 305 cm³/mol. The zero-order valence-electron chi connectivity index (χ0n) is 48.3. The van der Waals surface area contributed by atoms with Crippen molar-refractivity contribution in [3.8, 4) is 0 Å². The van der Waals surface area contributed by atoms with Gasteiger partial charge in [-0.15, -0.1) is 0 Å². The minimum atomic E-state index is 0.133. The van der Waals surface area contributed by atoms with Gasteiger partial charge in [0.15, 0.2) is 6.71 Å². The highest BCUT2D eigenvalue weighted by atomic mass is 15.3. The molecule has 4 saturated carbocycles. The third kappa shape index (κ3) is 8.69. The van der Waals surface area contributed by atoms with Crippen molar-refractivity contribution in [1.82, 2.24) is 9.80 Å². The van der Waals surface area contributed by atoms with Gasteiger partial charge >= 0.3 is 0 Å². The van der Waals surface area contributed by atoms with E-state index < -0.39 is 0 Å². The first kappa shape index (κ1) is 50.9. The Morgan fingerprint density at radius 3 is 1.75 bits per heavy atom. The first-order chi connectivity index (χ1) is 33.5. The van der Waals surface area contributed by atoms with Gasteiger partial charge in [-0.1, -0.05) is 183 Å². The Hall–Kier alpha value is -2.20. The minimum absolute atomic E-state index is 0.133. The van der Waals surface area contributed by atoms with Gasteiger partial charge in [0.1, 0.15) is 0 Å². The number of rotatable bonds is 5. The molecule has 0 N–H and O–H groups in total. The highest BCUT2D eigenvalue weighted by Gasteiger charge is 2.74. The van der Waals surface area contributed by atoms with Crippen LogP contribution in [0.1, 0.15) is 237 Å². The van der Waals surface area contributed by atoms with E-state index in [1.54, 1.807) is 17.0 Å². The maximum Gasteiger partial charge on any atom is 0.184 e. The summed E-state index contributed by atoms with van der Waals surface area (Å²) in [6, 6.07) is 13.0. The largest absolute Gasteiger partial charge is 0.363 e. The summed E-state index contributed by atoms with van der Waals surface area (Å²) in [7, 11) is 0. The van der Waals surface area contributed by atoms with E-state index in [0.717, 1.165) is 41.8 Å². The van der Waals surface area contributed by atoms with E-state index in [-0.39, 0.29) is 16.4 Å². The molecule has 0 bridgehead atoms. The number of nitrogens with zero attached hydrogens (tertiary/aromatic N) is 3. The van der Waals surface area contributed by atoms with Crippen LogP contribution in [0.15, 0.2) is 71.0 Å². The molecule has 3 saturated heterocycles. The molecule has 0 amide bonds. The lowest BCUT2D eigenvalue weighted by Crippen LogP contribution is -2.74. The molecule has 71 heavy (non-hydrogen) atoms. The van der Waals surface area contributed by atoms with Crippen LogP contribution >= 0.6 is 0 Å². The molecule has 3 aliphatic heterocycles. The van der Waals surface area contributed by atoms with Crippen LogP contribution in [0, 0.1) is 51.2 Å². The number of fused-ring (bicyclic) bond motifs is 5. The quantitative estimate of drug-likeness (QED) is 0.272. The van der Waals surface area contributed by atoms with Gasteiger partial charge in [0.25, 0.3) is 0 Å². The van der Waals surface area contributed by atoms with Crippen molar-refractivity contribution >= 4 is 12.4 Å². The second-order valence-electron chi connectivity index (χ2n) is 31.4. The number of hydrogen-bond acceptors (Lipinski definition) is 3. The van der Waals surface area contributed by atoms with Crippen LogP contribution in [0.3, 0.4) is 0 Å². The van der Waals surface area contributed by atoms with Crippen molar-refractivity contribution in [2.24, 2.45) is 51.2 Å². The number of anilines is 1. The van der Waals surface area contributed by atoms with Crippen molar-refractivity contribution in [3.63, 3.8) is 0 Å². The summed E-state index contributed by atoms with van der Waals surface area (Å²) >= 11 is 0. The van der Waals surface area contributed by atoms with Crippen LogP contribution in [0.25, 0.3) is 0 Å². The molecule has 10 aliphatic rings. The molecular weight excluding hydrogens is 858 g/mol. The molecular formula is C67H104BN3. The van der Waals surface area contributed by atoms with E-state index in [0.29, 0.717) is 59.0 Å². The monoisotopic (exact) mass is 962 g/mol. The molecule has 1 aromatic rings. The second-order valence-corrected chi connectivity index (χ2v) is 31.4. The molecule has 3 heterocycles. The van der Waals surface area contributed by atoms with Crippen molar-refractivity contribution in [2.75, 3.05) is 4.90 Å². The van der Waals surface area contributed by atoms with Gasteiger partial charge < -0.3 is 9.80 Å². The van der Waals surface area contributed by atoms with Gasteiger partial charge in [-0.05, 0) is 182 Å². The lowest BCUT2D eigenvalue weighted by molar-refractivity contribution is -0.0322. The van der Waals surface area contributed by atoms with Gasteiger partial charge in [-0.2, -0.15) is 0 Å². The molecule has 4 heteroatoms. The van der Waals surface area contributed by atoms with Crippen molar-refractivity contribution in [2.45, 2.75) is 285 Å². The van der Waals surface area contributed by atoms with Crippen LogP contribution in [0.5, 0.6) is 0 Å². The molecule has 11 unspecified atom stereocenters. The molecule has 11 rings (SSSR count). The Balaban J connectivity index is 1.11. The van der Waals surface area contributed by atoms with E-state index in [9.17, 15) is 0 Å². The molecule has 7 aliphatic carbocycles. The van der Waals surface area contributed by atoms with Gasteiger partial charge in [0.05, 0.1) is 0 Å². The Morgan fingerprint density at radius 1 is 0.606 bits per heavy atom. The zero-order chi connectivity index (χ0) is 50.2. The van der Waals surface area contributed by atoms with Crippen LogP contribution in [-0.2, 0) is 5.41 Å². The number of hydrogen-bond donors (Lipinski definition) is 0. The SMILES string of the molecule is CC(C)(C)C1=CCC2C(=C1)B1C3CC(C4CCCCC4)CC4C3N(C3CC(N(C5=CCC(C(C)(C)C)CC5)C5=CCC(C(C)(C)C)CC5)CC(C13)N2c1ccc(C(C)(C)C)cc1)C(C)(C)C41CCCCC1. The topological polar surface area (TPSA) is 9.72 Å². The van der Waals surface area contributed by atoms with Crippen molar-refractivity contribution < 1.29 is 0 Å². The molecule has 3 nitrogen and oxygen atoms in total. The third-order valence-corrected chi connectivity index (χ3v) is 23.5. The molecule has 0 radical (unpaired) electrons. The Bertz CT molecular complexity index is 2190. The summed E-state index contributed by atoms with van der Waals surface area (Å²) in [5.41, 5.74) is 11.4. The number of benzene rings is 1. The van der Waals surface area contributed by atoms with Gasteiger partial charge in [0.2, 0.25) is 0 Å². The van der Waals surface area contributed by atoms with E-state index in [1.807, 2.05) is 5.47 Å². The van der Waals surface area contributed by atoms with E-state index in [2.05, 4.69) is 160 Å². The van der Waals surface area contributed by atoms with Crippen LogP contribution < -0.4 is 4.90 Å². The smallest absolute Gasteiger partial charge is 0.184 e. The van der Waals surface area contributed by atoms with E-state index in [1.165, 1.54) is 140 Å². The Kier molecular flexibility index (Phi) is 13.1. The summed E-state index contributed by atoms with van der Waals surface area (Å²) in [4.78, 5) is 9.77. The Morgan fingerprint density at radius 2 is 1.20 bits per heavy atom. The highest BCUT2D eigenvalue weighted by Crippen LogP contribution is 2.72. The molecule has 7 fully saturated rings. The normalized spacial score (nSPS) is 36.5. The first-order valence-corrected chi connectivity index (χ1v) is 30.7. The molecule has 1 aromatic carbocycles. The summed E-state index contributed by atoms with van der Waals surface area (Å²) < 4.78 is 0. The van der Waals surface area contributed by atoms with Crippen LogP contribution in [0.4, 0.5) is 5.69 Å². The fraction of sp³-hybridized carbons (Fsp3) is 0.791. The predicted octanol–water partition coefficient (Wildman–Crippen LogP) is 17.9. The lowest BCUT2D eigenvalue weighted by atomic mass is 9.20. The first-order valence-electron chi connectivity index (χ1n) is 30.7. The van der Waals surface area contributed by atoms with Crippen molar-refractivity contribution in [3.05, 3.63) is 76.6 Å². The lowest BCUT2D eigenvalue weighted by Gasteiger charge is -2.67. The van der Waals surface area contributed by atoms with Gasteiger partial charge in [-0.25, -0.2) is 0 Å². The van der Waals surface area contributed by atoms with Gasteiger partial charge in [-0.3, -0.25) is 4.90 Å². The van der Waals surface area contributed by atoms with Gasteiger partial charge in [0, 0.05) is 52.8 Å². The summed E-state index contributed by atoms with van der Waals surface area (Å²) in [6.07, 6.45) is 40.3. The summed E-state index contributed by atoms with van der Waals surface area (Å²) in [6.45, 7) is 36.2. The summed E-state index contributed by atoms with van der Waals surface area (Å²) in [5, 5.41) is 0. The zero-order valence-corrected chi connectivity index (χ0v) is 48.3. The average Bonchev–Trinajstić information content (AvgIpc) is 3.51. The minimum Gasteiger partial charge on any atom is -0.363 e. The maximum absolute atomic E-state index is 3.48. The average molecular weight is 962 g/mol. The van der Waals surface area contributed by atoms with E-state index in [4.69, 9.17) is 0 Å². The maximum atomic E-state index is 3.48. The van der Waals surface area contributed by atoms with Crippen LogP contribution in [0.2, 0.25) is 11.6 Å². The molecule has 390 valence electrons. The van der Waals surface area contributed by atoms with E-state index >= 15 is 0 Å². The molecule has 1 spiro atoms. The summed E-state index contributed by atoms with van der Waals surface area (Å²) in [5.74, 6) is 5.62. The molecule has 0 aromatic heterocycles. The van der Waals surface area contributed by atoms with Crippen molar-refractivity contribution in [1.29, 1.82) is 0 Å². The Labute approximate surface area is 437 Å². The molecule has 11 atom stereocenters. The fourth-order valence-electron chi connectivity index (χ4n) is 19.7. The fourth-order valence-corrected chi connectivity index (χ4v) is 19.7. The highest BCUT2D eigenvalue weighted by molar-refractivity contribution is 6.71.